The third-order valence-corrected chi connectivity index (χ3v) is 4.51. The van der Waals surface area contributed by atoms with Crippen molar-refractivity contribution in [2.24, 2.45) is 0 Å². The van der Waals surface area contributed by atoms with Gasteiger partial charge in [-0.05, 0) is 54.8 Å². The number of unbranched alkanes of at least 4 members (excludes halogenated alkanes) is 1. The van der Waals surface area contributed by atoms with Crippen LogP contribution in [0.25, 0.3) is 0 Å². The number of carbonyl (C=O) groups excluding carboxylic acids is 2. The number of rotatable bonds is 8. The van der Waals surface area contributed by atoms with Crippen molar-refractivity contribution >= 4 is 40.8 Å². The Kier molecular flexibility index (Phi) is 7.95. The standard InChI is InChI=1S/C20H21Cl2NO3/c1-2-3-13-26-20(25)14-7-9-15(10-8-14)23-19(24)12-11-16-17(21)5-4-6-18(16)22/h4-10H,2-3,11-13H2,1H3,(H,23,24). The summed E-state index contributed by atoms with van der Waals surface area (Å²) in [4.78, 5) is 24.0. The van der Waals surface area contributed by atoms with Crippen LogP contribution in [0.5, 0.6) is 0 Å². The minimum atomic E-state index is -0.357. The van der Waals surface area contributed by atoms with E-state index in [1.165, 1.54) is 0 Å². The van der Waals surface area contributed by atoms with Crippen molar-refractivity contribution in [2.45, 2.75) is 32.6 Å². The lowest BCUT2D eigenvalue weighted by atomic mass is 10.1. The topological polar surface area (TPSA) is 55.4 Å². The smallest absolute Gasteiger partial charge is 0.338 e. The Bertz CT molecular complexity index is 740. The molecule has 0 aromatic heterocycles. The number of carbonyl (C=O) groups is 2. The average molecular weight is 394 g/mol. The van der Waals surface area contributed by atoms with Gasteiger partial charge in [-0.15, -0.1) is 0 Å². The van der Waals surface area contributed by atoms with Crippen molar-refractivity contribution in [2.75, 3.05) is 11.9 Å². The van der Waals surface area contributed by atoms with Gasteiger partial charge in [0.2, 0.25) is 5.91 Å². The van der Waals surface area contributed by atoms with Crippen LogP contribution in [0.3, 0.4) is 0 Å². The lowest BCUT2D eigenvalue weighted by Gasteiger charge is -2.09. The number of hydrogen-bond acceptors (Lipinski definition) is 3. The number of halogens is 2. The first-order chi connectivity index (χ1) is 12.5. The molecule has 0 fully saturated rings. The summed E-state index contributed by atoms with van der Waals surface area (Å²) in [6, 6.07) is 11.9. The van der Waals surface area contributed by atoms with E-state index in [9.17, 15) is 9.59 Å². The molecule has 0 radical (unpaired) electrons. The van der Waals surface area contributed by atoms with Crippen LogP contribution in [-0.2, 0) is 16.0 Å². The molecule has 1 N–H and O–H groups in total. The zero-order valence-electron chi connectivity index (χ0n) is 14.6. The molecule has 0 bridgehead atoms. The van der Waals surface area contributed by atoms with E-state index < -0.39 is 0 Å². The van der Waals surface area contributed by atoms with Crippen molar-refractivity contribution in [1.29, 1.82) is 0 Å². The zero-order valence-corrected chi connectivity index (χ0v) is 16.1. The highest BCUT2D eigenvalue weighted by atomic mass is 35.5. The molecule has 1 amide bonds. The van der Waals surface area contributed by atoms with Crippen LogP contribution in [0, 0.1) is 0 Å². The number of nitrogens with one attached hydrogen (secondary N) is 1. The maximum atomic E-state index is 12.1. The summed E-state index contributed by atoms with van der Waals surface area (Å²) in [6.45, 7) is 2.45. The van der Waals surface area contributed by atoms with Crippen LogP contribution in [0.15, 0.2) is 42.5 Å². The maximum Gasteiger partial charge on any atom is 0.338 e. The van der Waals surface area contributed by atoms with Crippen molar-refractivity contribution in [3.05, 3.63) is 63.6 Å². The molecule has 0 aliphatic rings. The fraction of sp³-hybridized carbons (Fsp3) is 0.300. The van der Waals surface area contributed by atoms with E-state index >= 15 is 0 Å². The highest BCUT2D eigenvalue weighted by Crippen LogP contribution is 2.25. The van der Waals surface area contributed by atoms with Crippen LogP contribution in [-0.4, -0.2) is 18.5 Å². The van der Waals surface area contributed by atoms with Crippen LogP contribution < -0.4 is 5.32 Å². The summed E-state index contributed by atoms with van der Waals surface area (Å²) >= 11 is 12.2. The molecule has 0 saturated heterocycles. The number of anilines is 1. The molecule has 0 unspecified atom stereocenters. The van der Waals surface area contributed by atoms with Gasteiger partial charge in [-0.25, -0.2) is 4.79 Å². The van der Waals surface area contributed by atoms with Crippen molar-refractivity contribution < 1.29 is 14.3 Å². The minimum Gasteiger partial charge on any atom is -0.462 e. The quantitative estimate of drug-likeness (QED) is 0.474. The second-order valence-electron chi connectivity index (χ2n) is 5.82. The van der Waals surface area contributed by atoms with Gasteiger partial charge in [0, 0.05) is 22.2 Å². The zero-order chi connectivity index (χ0) is 18.9. The first-order valence-corrected chi connectivity index (χ1v) is 9.26. The Morgan fingerprint density at radius 1 is 1.04 bits per heavy atom. The third kappa shape index (κ3) is 6.04. The Hall–Kier alpha value is -2.04. The van der Waals surface area contributed by atoms with Gasteiger partial charge >= 0.3 is 5.97 Å². The fourth-order valence-corrected chi connectivity index (χ4v) is 2.90. The monoisotopic (exact) mass is 393 g/mol. The summed E-state index contributed by atoms with van der Waals surface area (Å²) in [5.74, 6) is -0.510. The predicted octanol–water partition coefficient (Wildman–Crippen LogP) is 5.52. The molecule has 26 heavy (non-hydrogen) atoms. The molecule has 2 rings (SSSR count). The molecule has 6 heteroatoms. The largest absolute Gasteiger partial charge is 0.462 e. The highest BCUT2D eigenvalue weighted by Gasteiger charge is 2.10. The van der Waals surface area contributed by atoms with Gasteiger partial charge < -0.3 is 10.1 Å². The molecule has 0 spiro atoms. The molecule has 0 saturated carbocycles. The van der Waals surface area contributed by atoms with E-state index in [1.807, 2.05) is 6.92 Å². The molecule has 138 valence electrons. The van der Waals surface area contributed by atoms with E-state index in [4.69, 9.17) is 27.9 Å². The summed E-state index contributed by atoms with van der Waals surface area (Å²) in [5, 5.41) is 3.90. The molecule has 0 atom stereocenters. The van der Waals surface area contributed by atoms with Crippen LogP contribution in [0.4, 0.5) is 5.69 Å². The summed E-state index contributed by atoms with van der Waals surface area (Å²) in [6.07, 6.45) is 2.52. The van der Waals surface area contributed by atoms with Crippen molar-refractivity contribution in [3.8, 4) is 0 Å². The van der Waals surface area contributed by atoms with E-state index in [2.05, 4.69) is 5.32 Å². The maximum absolute atomic E-state index is 12.1. The molecule has 2 aromatic carbocycles. The van der Waals surface area contributed by atoms with Crippen molar-refractivity contribution in [1.82, 2.24) is 0 Å². The Morgan fingerprint density at radius 3 is 2.31 bits per heavy atom. The second-order valence-corrected chi connectivity index (χ2v) is 6.63. The Morgan fingerprint density at radius 2 is 1.69 bits per heavy atom. The summed E-state index contributed by atoms with van der Waals surface area (Å²) in [5.41, 5.74) is 1.84. The molecule has 2 aromatic rings. The molecular weight excluding hydrogens is 373 g/mol. The Labute approximate surface area is 163 Å². The lowest BCUT2D eigenvalue weighted by Crippen LogP contribution is -2.13. The van der Waals surface area contributed by atoms with Crippen LogP contribution >= 0.6 is 23.2 Å². The van der Waals surface area contributed by atoms with Gasteiger partial charge in [0.05, 0.1) is 12.2 Å². The minimum absolute atomic E-state index is 0.153. The van der Waals surface area contributed by atoms with Crippen molar-refractivity contribution in [3.63, 3.8) is 0 Å². The van der Waals surface area contributed by atoms with E-state index in [0.717, 1.165) is 18.4 Å². The number of benzene rings is 2. The van der Waals surface area contributed by atoms with E-state index in [-0.39, 0.29) is 18.3 Å². The normalized spacial score (nSPS) is 10.4. The van der Waals surface area contributed by atoms with Gasteiger partial charge in [-0.2, -0.15) is 0 Å². The van der Waals surface area contributed by atoms with E-state index in [0.29, 0.717) is 34.3 Å². The molecular formula is C20H21Cl2NO3. The average Bonchev–Trinajstić information content (AvgIpc) is 2.62. The molecule has 0 aliphatic carbocycles. The first-order valence-electron chi connectivity index (χ1n) is 8.51. The molecule has 4 nitrogen and oxygen atoms in total. The fourth-order valence-electron chi connectivity index (χ4n) is 2.32. The van der Waals surface area contributed by atoms with Gasteiger partial charge in [-0.1, -0.05) is 42.6 Å². The van der Waals surface area contributed by atoms with Crippen LogP contribution in [0.2, 0.25) is 10.0 Å². The number of amides is 1. The number of hydrogen-bond donors (Lipinski definition) is 1. The van der Waals surface area contributed by atoms with Gasteiger partial charge in [0.15, 0.2) is 0 Å². The molecule has 0 aliphatic heterocycles. The highest BCUT2D eigenvalue weighted by molar-refractivity contribution is 6.36. The summed E-state index contributed by atoms with van der Waals surface area (Å²) in [7, 11) is 0. The SMILES string of the molecule is CCCCOC(=O)c1ccc(NC(=O)CCc2c(Cl)cccc2Cl)cc1. The van der Waals surface area contributed by atoms with Gasteiger partial charge in [-0.3, -0.25) is 4.79 Å². The third-order valence-electron chi connectivity index (χ3n) is 3.80. The second kappa shape index (κ2) is 10.2. The number of esters is 1. The van der Waals surface area contributed by atoms with Gasteiger partial charge in [0.25, 0.3) is 0 Å². The molecule has 0 heterocycles. The van der Waals surface area contributed by atoms with Crippen LogP contribution in [0.1, 0.15) is 42.1 Å². The van der Waals surface area contributed by atoms with Gasteiger partial charge in [0.1, 0.15) is 0 Å². The summed E-state index contributed by atoms with van der Waals surface area (Å²) < 4.78 is 5.15. The van der Waals surface area contributed by atoms with E-state index in [1.54, 1.807) is 42.5 Å². The Balaban J connectivity index is 1.86. The lowest BCUT2D eigenvalue weighted by molar-refractivity contribution is -0.116. The number of ether oxygens (including phenoxy) is 1. The first kappa shape index (κ1) is 20.3. The predicted molar refractivity (Wildman–Crippen MR) is 105 cm³/mol.